The van der Waals surface area contributed by atoms with Gasteiger partial charge >= 0.3 is 0 Å². The SMILES string of the molecule is CCOc1ccc(C2C(=C(O)c3ccc(Cl)cc3)C(=O)C(=O)N2CCCN2CCOCC2)cc1OCC. The van der Waals surface area contributed by atoms with E-state index in [2.05, 4.69) is 4.90 Å². The Balaban J connectivity index is 1.72. The molecule has 0 bridgehead atoms. The molecule has 198 valence electrons. The van der Waals surface area contributed by atoms with Crippen molar-refractivity contribution in [3.05, 3.63) is 64.2 Å². The van der Waals surface area contributed by atoms with Crippen molar-refractivity contribution in [1.82, 2.24) is 9.80 Å². The molecule has 1 amide bonds. The molecule has 2 aliphatic rings. The van der Waals surface area contributed by atoms with Gasteiger partial charge < -0.3 is 24.2 Å². The van der Waals surface area contributed by atoms with E-state index in [1.165, 1.54) is 0 Å². The van der Waals surface area contributed by atoms with Gasteiger partial charge in [0.1, 0.15) is 5.76 Å². The van der Waals surface area contributed by atoms with E-state index < -0.39 is 17.7 Å². The normalized spacial score (nSPS) is 19.9. The van der Waals surface area contributed by atoms with E-state index in [0.29, 0.717) is 67.0 Å². The van der Waals surface area contributed by atoms with Gasteiger partial charge in [-0.05, 0) is 62.2 Å². The largest absolute Gasteiger partial charge is 0.507 e. The number of benzene rings is 2. The molecule has 0 spiro atoms. The molecule has 4 rings (SSSR count). The number of aliphatic hydroxyl groups excluding tert-OH is 1. The summed E-state index contributed by atoms with van der Waals surface area (Å²) in [4.78, 5) is 30.4. The smallest absolute Gasteiger partial charge is 0.295 e. The molecule has 2 fully saturated rings. The van der Waals surface area contributed by atoms with Crippen LogP contribution in [0.25, 0.3) is 5.76 Å². The van der Waals surface area contributed by atoms with Gasteiger partial charge in [-0.1, -0.05) is 17.7 Å². The number of ether oxygens (including phenoxy) is 3. The number of Topliss-reactive ketones (excluding diaryl/α,β-unsaturated/α-hetero) is 1. The molecule has 2 aromatic rings. The van der Waals surface area contributed by atoms with Crippen molar-refractivity contribution in [2.45, 2.75) is 26.3 Å². The highest BCUT2D eigenvalue weighted by Crippen LogP contribution is 2.42. The Kier molecular flexibility index (Phi) is 9.08. The van der Waals surface area contributed by atoms with E-state index in [0.717, 1.165) is 19.6 Å². The number of hydrogen-bond donors (Lipinski definition) is 1. The Labute approximate surface area is 222 Å². The van der Waals surface area contributed by atoms with Gasteiger partial charge in [-0.25, -0.2) is 0 Å². The lowest BCUT2D eigenvalue weighted by Gasteiger charge is -2.29. The van der Waals surface area contributed by atoms with Gasteiger partial charge in [0, 0.05) is 36.8 Å². The first-order valence-corrected chi connectivity index (χ1v) is 13.1. The van der Waals surface area contributed by atoms with Crippen molar-refractivity contribution in [3.8, 4) is 11.5 Å². The topological polar surface area (TPSA) is 88.5 Å². The lowest BCUT2D eigenvalue weighted by atomic mass is 9.95. The zero-order valence-corrected chi connectivity index (χ0v) is 22.0. The van der Waals surface area contributed by atoms with Crippen LogP contribution in [0.3, 0.4) is 0 Å². The minimum absolute atomic E-state index is 0.0466. The fourth-order valence-corrected chi connectivity index (χ4v) is 4.87. The van der Waals surface area contributed by atoms with E-state index in [9.17, 15) is 14.7 Å². The van der Waals surface area contributed by atoms with E-state index in [-0.39, 0.29) is 11.3 Å². The Bertz CT molecular complexity index is 1140. The molecule has 0 saturated carbocycles. The Morgan fingerprint density at radius 3 is 2.35 bits per heavy atom. The number of rotatable bonds is 10. The predicted molar refractivity (Wildman–Crippen MR) is 141 cm³/mol. The Morgan fingerprint density at radius 2 is 1.68 bits per heavy atom. The second kappa shape index (κ2) is 12.4. The lowest BCUT2D eigenvalue weighted by Crippen LogP contribution is -2.39. The summed E-state index contributed by atoms with van der Waals surface area (Å²) in [5.74, 6) is -0.477. The van der Waals surface area contributed by atoms with Crippen molar-refractivity contribution >= 4 is 29.1 Å². The van der Waals surface area contributed by atoms with Crippen molar-refractivity contribution in [2.24, 2.45) is 0 Å². The van der Waals surface area contributed by atoms with Gasteiger partial charge in [0.15, 0.2) is 11.5 Å². The van der Waals surface area contributed by atoms with Gasteiger partial charge in [-0.3, -0.25) is 14.5 Å². The number of carbonyl (C=O) groups is 2. The lowest BCUT2D eigenvalue weighted by molar-refractivity contribution is -0.140. The van der Waals surface area contributed by atoms with Crippen LogP contribution in [0.15, 0.2) is 48.0 Å². The minimum atomic E-state index is -0.768. The number of amides is 1. The predicted octanol–water partition coefficient (Wildman–Crippen LogP) is 4.28. The number of likely N-dealkylation sites (tertiary alicyclic amines) is 1. The maximum atomic E-state index is 13.3. The van der Waals surface area contributed by atoms with Gasteiger partial charge in [-0.2, -0.15) is 0 Å². The summed E-state index contributed by atoms with van der Waals surface area (Å²) in [6.45, 7) is 8.87. The molecule has 2 aromatic carbocycles. The average Bonchev–Trinajstić information content (AvgIpc) is 3.16. The third-order valence-corrected chi connectivity index (χ3v) is 6.77. The second-order valence-corrected chi connectivity index (χ2v) is 9.32. The molecule has 2 heterocycles. The molecule has 0 aliphatic carbocycles. The van der Waals surface area contributed by atoms with Crippen molar-refractivity contribution in [1.29, 1.82) is 0 Å². The summed E-state index contributed by atoms with van der Waals surface area (Å²) >= 11 is 6.02. The highest BCUT2D eigenvalue weighted by atomic mass is 35.5. The molecule has 0 radical (unpaired) electrons. The number of nitrogens with zero attached hydrogens (tertiary/aromatic N) is 2. The van der Waals surface area contributed by atoms with Crippen LogP contribution in [0.2, 0.25) is 5.02 Å². The van der Waals surface area contributed by atoms with Crippen LogP contribution in [0, 0.1) is 0 Å². The van der Waals surface area contributed by atoms with Crippen LogP contribution in [0.1, 0.15) is 37.4 Å². The summed E-state index contributed by atoms with van der Waals surface area (Å²) in [5, 5.41) is 11.8. The standard InChI is InChI=1S/C28H33ClN2O6/c1-3-36-22-11-8-20(18-23(22)37-4-2)25-24(26(32)19-6-9-21(29)10-7-19)27(33)28(34)31(25)13-5-12-30-14-16-35-17-15-30/h6-11,18,25,32H,3-5,12-17H2,1-2H3. The Morgan fingerprint density at radius 1 is 1.00 bits per heavy atom. The monoisotopic (exact) mass is 528 g/mol. The third kappa shape index (κ3) is 6.09. The van der Waals surface area contributed by atoms with E-state index in [1.807, 2.05) is 19.9 Å². The number of ketones is 1. The molecular formula is C28H33ClN2O6. The maximum Gasteiger partial charge on any atom is 0.295 e. The van der Waals surface area contributed by atoms with Crippen molar-refractivity contribution in [3.63, 3.8) is 0 Å². The number of hydrogen-bond acceptors (Lipinski definition) is 7. The number of carbonyl (C=O) groups excluding carboxylic acids is 2. The molecule has 9 heteroatoms. The number of morpholine rings is 1. The van der Waals surface area contributed by atoms with E-state index in [4.69, 9.17) is 25.8 Å². The molecule has 1 atom stereocenters. The molecule has 2 saturated heterocycles. The molecule has 37 heavy (non-hydrogen) atoms. The van der Waals surface area contributed by atoms with Gasteiger partial charge in [-0.15, -0.1) is 0 Å². The average molecular weight is 529 g/mol. The molecular weight excluding hydrogens is 496 g/mol. The highest BCUT2D eigenvalue weighted by Gasteiger charge is 2.46. The van der Waals surface area contributed by atoms with Crippen LogP contribution < -0.4 is 9.47 Å². The molecule has 0 aromatic heterocycles. The van der Waals surface area contributed by atoms with E-state index >= 15 is 0 Å². The summed E-state index contributed by atoms with van der Waals surface area (Å²) in [5.41, 5.74) is 1.12. The summed E-state index contributed by atoms with van der Waals surface area (Å²) in [6, 6.07) is 11.1. The molecule has 2 aliphatic heterocycles. The van der Waals surface area contributed by atoms with Crippen LogP contribution in [-0.2, 0) is 14.3 Å². The van der Waals surface area contributed by atoms with Gasteiger partial charge in [0.2, 0.25) is 0 Å². The van der Waals surface area contributed by atoms with Crippen molar-refractivity contribution in [2.75, 3.05) is 52.6 Å². The first-order chi connectivity index (χ1) is 17.9. The highest BCUT2D eigenvalue weighted by molar-refractivity contribution is 6.46. The fourth-order valence-electron chi connectivity index (χ4n) is 4.75. The molecule has 1 N–H and O–H groups in total. The zero-order chi connectivity index (χ0) is 26.4. The zero-order valence-electron chi connectivity index (χ0n) is 21.2. The Hall–Kier alpha value is -3.07. The molecule has 8 nitrogen and oxygen atoms in total. The second-order valence-electron chi connectivity index (χ2n) is 8.88. The first-order valence-electron chi connectivity index (χ1n) is 12.7. The maximum absolute atomic E-state index is 13.3. The van der Waals surface area contributed by atoms with Crippen LogP contribution in [0.4, 0.5) is 0 Å². The summed E-state index contributed by atoms with van der Waals surface area (Å²) in [6.07, 6.45) is 0.680. The van der Waals surface area contributed by atoms with Crippen LogP contribution >= 0.6 is 11.6 Å². The fraction of sp³-hybridized carbons (Fsp3) is 0.429. The first kappa shape index (κ1) is 27.0. The quantitative estimate of drug-likeness (QED) is 0.280. The minimum Gasteiger partial charge on any atom is -0.507 e. The van der Waals surface area contributed by atoms with Gasteiger partial charge in [0.05, 0.1) is 38.0 Å². The summed E-state index contributed by atoms with van der Waals surface area (Å²) in [7, 11) is 0. The van der Waals surface area contributed by atoms with Crippen LogP contribution in [0.5, 0.6) is 11.5 Å². The molecule has 1 unspecified atom stereocenters. The van der Waals surface area contributed by atoms with E-state index in [1.54, 1.807) is 41.3 Å². The summed E-state index contributed by atoms with van der Waals surface area (Å²) < 4.78 is 16.9. The number of halogens is 1. The number of aliphatic hydroxyl groups is 1. The van der Waals surface area contributed by atoms with Crippen molar-refractivity contribution < 1.29 is 28.9 Å². The van der Waals surface area contributed by atoms with Crippen LogP contribution in [-0.4, -0.2) is 79.2 Å². The van der Waals surface area contributed by atoms with Gasteiger partial charge in [0.25, 0.3) is 11.7 Å². The third-order valence-electron chi connectivity index (χ3n) is 6.52.